The molecule has 0 bridgehead atoms. The van der Waals surface area contributed by atoms with Crippen LogP contribution in [0.4, 0.5) is 0 Å². The largest absolute Gasteiger partial charge is 0.476 e. The molecule has 0 unspecified atom stereocenters. The minimum atomic E-state index is -0.930. The number of aromatic nitrogens is 2. The smallest absolute Gasteiger partial charge is 0.356 e. The lowest BCUT2D eigenvalue weighted by Gasteiger charge is -2.28. The minimum absolute atomic E-state index is 0.0360. The van der Waals surface area contributed by atoms with Gasteiger partial charge in [0.1, 0.15) is 0 Å². The Balaban J connectivity index is 2.53. The summed E-state index contributed by atoms with van der Waals surface area (Å²) >= 11 is 0. The first-order valence-corrected chi connectivity index (χ1v) is 4.83. The number of hydrogen-bond acceptors (Lipinski definition) is 2. The van der Waals surface area contributed by atoms with Gasteiger partial charge in [-0.1, -0.05) is 13.8 Å². The summed E-state index contributed by atoms with van der Waals surface area (Å²) in [6.07, 6.45) is 2.96. The van der Waals surface area contributed by atoms with Crippen molar-refractivity contribution < 1.29 is 9.90 Å². The van der Waals surface area contributed by atoms with E-state index in [1.165, 1.54) is 0 Å². The van der Waals surface area contributed by atoms with E-state index >= 15 is 0 Å². The highest BCUT2D eigenvalue weighted by Gasteiger charge is 2.32. The normalized spacial score (nSPS) is 19.0. The van der Waals surface area contributed by atoms with Crippen molar-refractivity contribution in [2.24, 2.45) is 0 Å². The molecule has 0 saturated carbocycles. The average Bonchev–Trinajstić information content (AvgIpc) is 2.48. The summed E-state index contributed by atoms with van der Waals surface area (Å²) in [5.41, 5.74) is 2.14. The van der Waals surface area contributed by atoms with E-state index in [1.807, 2.05) is 0 Å². The average molecular weight is 194 g/mol. The Morgan fingerprint density at radius 2 is 2.29 bits per heavy atom. The molecule has 2 rings (SSSR count). The molecular formula is C10H14N2O2. The van der Waals surface area contributed by atoms with Crippen molar-refractivity contribution in [3.05, 3.63) is 17.0 Å². The topological polar surface area (TPSA) is 66.0 Å². The van der Waals surface area contributed by atoms with Crippen LogP contribution in [0.1, 0.15) is 48.4 Å². The molecule has 1 aliphatic carbocycles. The van der Waals surface area contributed by atoms with E-state index in [1.54, 1.807) is 0 Å². The maximum atomic E-state index is 10.9. The second kappa shape index (κ2) is 2.83. The van der Waals surface area contributed by atoms with Gasteiger partial charge in [-0.15, -0.1) is 0 Å². The fraction of sp³-hybridized carbons (Fsp3) is 0.600. The molecule has 0 radical (unpaired) electrons. The van der Waals surface area contributed by atoms with Gasteiger partial charge >= 0.3 is 5.97 Å². The van der Waals surface area contributed by atoms with Crippen LogP contribution < -0.4 is 0 Å². The Morgan fingerprint density at radius 1 is 1.57 bits per heavy atom. The molecule has 1 aliphatic rings. The third kappa shape index (κ3) is 1.22. The van der Waals surface area contributed by atoms with Crippen molar-refractivity contribution in [1.29, 1.82) is 0 Å². The lowest BCUT2D eigenvalue weighted by atomic mass is 9.76. The van der Waals surface area contributed by atoms with Crippen LogP contribution in [0.5, 0.6) is 0 Å². The highest BCUT2D eigenvalue weighted by molar-refractivity contribution is 5.87. The van der Waals surface area contributed by atoms with Crippen LogP contribution in [-0.2, 0) is 11.8 Å². The molecule has 0 atom stereocenters. The van der Waals surface area contributed by atoms with Gasteiger partial charge < -0.3 is 5.11 Å². The number of aromatic amines is 1. The van der Waals surface area contributed by atoms with Gasteiger partial charge in [-0.3, -0.25) is 5.10 Å². The molecule has 76 valence electrons. The summed E-state index contributed by atoms with van der Waals surface area (Å²) in [7, 11) is 0. The van der Waals surface area contributed by atoms with E-state index in [9.17, 15) is 4.79 Å². The zero-order chi connectivity index (χ0) is 10.3. The van der Waals surface area contributed by atoms with Gasteiger partial charge in [0, 0.05) is 16.7 Å². The lowest BCUT2D eigenvalue weighted by molar-refractivity contribution is 0.0689. The third-order valence-electron chi connectivity index (χ3n) is 2.98. The van der Waals surface area contributed by atoms with Gasteiger partial charge in [0.25, 0.3) is 0 Å². The molecule has 0 fully saturated rings. The number of carbonyl (C=O) groups is 1. The molecule has 2 N–H and O–H groups in total. The van der Waals surface area contributed by atoms with E-state index in [0.717, 1.165) is 30.5 Å². The SMILES string of the molecule is CC1(C)CCCc2c(C(=O)O)n[nH]c21. The Morgan fingerprint density at radius 3 is 2.93 bits per heavy atom. The predicted octanol–water partition coefficient (Wildman–Crippen LogP) is 1.72. The van der Waals surface area contributed by atoms with Crippen LogP contribution in [0.15, 0.2) is 0 Å². The quantitative estimate of drug-likeness (QED) is 0.715. The highest BCUT2D eigenvalue weighted by atomic mass is 16.4. The lowest BCUT2D eigenvalue weighted by Crippen LogP contribution is -2.24. The van der Waals surface area contributed by atoms with E-state index in [-0.39, 0.29) is 11.1 Å². The van der Waals surface area contributed by atoms with Crippen molar-refractivity contribution in [3.63, 3.8) is 0 Å². The van der Waals surface area contributed by atoms with Gasteiger partial charge in [-0.05, 0) is 19.3 Å². The van der Waals surface area contributed by atoms with E-state index < -0.39 is 5.97 Å². The molecule has 4 heteroatoms. The first-order valence-electron chi connectivity index (χ1n) is 4.83. The number of nitrogens with zero attached hydrogens (tertiary/aromatic N) is 1. The first-order chi connectivity index (χ1) is 6.52. The Bertz CT molecular complexity index is 379. The number of carboxylic acid groups (broad SMARTS) is 1. The number of aromatic carboxylic acids is 1. The zero-order valence-electron chi connectivity index (χ0n) is 8.42. The highest BCUT2D eigenvalue weighted by Crippen LogP contribution is 2.36. The number of hydrogen-bond donors (Lipinski definition) is 2. The zero-order valence-corrected chi connectivity index (χ0v) is 8.42. The molecular weight excluding hydrogens is 180 g/mol. The van der Waals surface area contributed by atoms with Gasteiger partial charge in [-0.2, -0.15) is 5.10 Å². The van der Waals surface area contributed by atoms with Gasteiger partial charge in [0.2, 0.25) is 0 Å². The van der Waals surface area contributed by atoms with Crippen LogP contribution in [0, 0.1) is 0 Å². The molecule has 1 aromatic heterocycles. The van der Waals surface area contributed by atoms with Crippen LogP contribution >= 0.6 is 0 Å². The van der Waals surface area contributed by atoms with Crippen LogP contribution in [0.2, 0.25) is 0 Å². The molecule has 14 heavy (non-hydrogen) atoms. The Labute approximate surface area is 82.3 Å². The summed E-state index contributed by atoms with van der Waals surface area (Å²) < 4.78 is 0. The third-order valence-corrected chi connectivity index (χ3v) is 2.98. The molecule has 0 aliphatic heterocycles. The molecule has 0 amide bonds. The molecule has 0 spiro atoms. The van der Waals surface area contributed by atoms with Crippen molar-refractivity contribution in [2.75, 3.05) is 0 Å². The fourth-order valence-corrected chi connectivity index (χ4v) is 2.18. The van der Waals surface area contributed by atoms with E-state index in [0.29, 0.717) is 0 Å². The summed E-state index contributed by atoms with van der Waals surface area (Å²) in [5, 5.41) is 15.7. The number of carboxylic acids is 1. The summed E-state index contributed by atoms with van der Waals surface area (Å²) in [6.45, 7) is 4.24. The standard InChI is InChI=1S/C10H14N2O2/c1-10(2)5-3-4-6-7(9(13)14)11-12-8(6)10/h3-5H2,1-2H3,(H,11,12)(H,13,14). The number of H-pyrrole nitrogens is 1. The summed E-state index contributed by atoms with van der Waals surface area (Å²) in [6, 6.07) is 0. The van der Waals surface area contributed by atoms with Crippen molar-refractivity contribution >= 4 is 5.97 Å². The minimum Gasteiger partial charge on any atom is -0.476 e. The van der Waals surface area contributed by atoms with Crippen LogP contribution in [0.3, 0.4) is 0 Å². The number of fused-ring (bicyclic) bond motifs is 1. The fourth-order valence-electron chi connectivity index (χ4n) is 2.18. The van der Waals surface area contributed by atoms with Gasteiger partial charge in [0.05, 0.1) is 0 Å². The van der Waals surface area contributed by atoms with Crippen molar-refractivity contribution in [3.8, 4) is 0 Å². The summed E-state index contributed by atoms with van der Waals surface area (Å²) in [4.78, 5) is 10.9. The number of nitrogens with one attached hydrogen (secondary N) is 1. The molecule has 0 saturated heterocycles. The van der Waals surface area contributed by atoms with E-state index in [4.69, 9.17) is 5.11 Å². The Hall–Kier alpha value is -1.32. The molecule has 1 aromatic rings. The van der Waals surface area contributed by atoms with E-state index in [2.05, 4.69) is 24.0 Å². The molecule has 1 heterocycles. The molecule has 0 aromatic carbocycles. The van der Waals surface area contributed by atoms with Gasteiger partial charge in [0.15, 0.2) is 5.69 Å². The second-order valence-corrected chi connectivity index (χ2v) is 4.47. The van der Waals surface area contributed by atoms with Gasteiger partial charge in [-0.25, -0.2) is 4.79 Å². The molecule has 4 nitrogen and oxygen atoms in total. The second-order valence-electron chi connectivity index (χ2n) is 4.47. The maximum absolute atomic E-state index is 10.9. The van der Waals surface area contributed by atoms with Crippen LogP contribution in [-0.4, -0.2) is 21.3 Å². The monoisotopic (exact) mass is 194 g/mol. The maximum Gasteiger partial charge on any atom is 0.356 e. The van der Waals surface area contributed by atoms with Crippen LogP contribution in [0.25, 0.3) is 0 Å². The summed E-state index contributed by atoms with van der Waals surface area (Å²) in [5.74, 6) is -0.930. The van der Waals surface area contributed by atoms with Crippen molar-refractivity contribution in [2.45, 2.75) is 38.5 Å². The van der Waals surface area contributed by atoms with Crippen molar-refractivity contribution in [1.82, 2.24) is 10.2 Å². The predicted molar refractivity (Wildman–Crippen MR) is 51.5 cm³/mol. The number of rotatable bonds is 1. The first kappa shape index (κ1) is 9.24. The Kier molecular flexibility index (Phi) is 1.87.